The summed E-state index contributed by atoms with van der Waals surface area (Å²) in [5.41, 5.74) is 1.62. The van der Waals surface area contributed by atoms with Crippen molar-refractivity contribution >= 4 is 27.5 Å². The first kappa shape index (κ1) is 9.21. The Balaban J connectivity index is 2.85. The van der Waals surface area contributed by atoms with Crippen molar-refractivity contribution in [2.75, 3.05) is 0 Å². The summed E-state index contributed by atoms with van der Waals surface area (Å²) in [7, 11) is 0. The van der Waals surface area contributed by atoms with Crippen LogP contribution in [0.2, 0.25) is 0 Å². The summed E-state index contributed by atoms with van der Waals surface area (Å²) >= 11 is 3.23. The van der Waals surface area contributed by atoms with Gasteiger partial charge >= 0.3 is 5.97 Å². The predicted octanol–water partition coefficient (Wildman–Crippen LogP) is 2.10. The average Bonchev–Trinajstić information content (AvgIpc) is 2.47. The number of carboxylic acid groups (broad SMARTS) is 1. The molecule has 0 aliphatic carbocycles. The van der Waals surface area contributed by atoms with E-state index in [1.165, 1.54) is 0 Å². The summed E-state index contributed by atoms with van der Waals surface area (Å²) in [6.45, 7) is 1.89. The van der Waals surface area contributed by atoms with Gasteiger partial charge in [0.25, 0.3) is 0 Å². The lowest BCUT2D eigenvalue weighted by Crippen LogP contribution is -1.99. The second-order valence-electron chi connectivity index (χ2n) is 2.95. The zero-order valence-electron chi connectivity index (χ0n) is 7.36. The first-order valence-corrected chi connectivity index (χ1v) is 4.76. The highest BCUT2D eigenvalue weighted by Gasteiger charge is 2.12. The molecular formula is C9H7BrN2O2. The first-order chi connectivity index (χ1) is 6.59. The zero-order chi connectivity index (χ0) is 10.3. The molecule has 2 aromatic rings. The molecule has 2 heterocycles. The number of aromatic carboxylic acids is 1. The van der Waals surface area contributed by atoms with Crippen molar-refractivity contribution in [1.82, 2.24) is 9.38 Å². The van der Waals surface area contributed by atoms with Crippen molar-refractivity contribution in [2.45, 2.75) is 6.92 Å². The van der Waals surface area contributed by atoms with Crippen molar-refractivity contribution in [1.29, 1.82) is 0 Å². The minimum Gasteiger partial charge on any atom is -0.478 e. The topological polar surface area (TPSA) is 54.6 Å². The standard InChI is InChI=1S/C9H7BrN2O2/c1-5-4-7(10)11-8-6(9(13)14)2-3-12(5)8/h2-4H,1H3,(H,13,14). The SMILES string of the molecule is Cc1cc(Br)nc2c(C(=O)O)ccn12. The second-order valence-corrected chi connectivity index (χ2v) is 3.76. The Bertz CT molecular complexity index is 519. The van der Waals surface area contributed by atoms with Gasteiger partial charge in [0.2, 0.25) is 0 Å². The number of nitrogens with zero attached hydrogens (tertiary/aromatic N) is 2. The zero-order valence-corrected chi connectivity index (χ0v) is 8.95. The fraction of sp³-hybridized carbons (Fsp3) is 0.111. The number of carbonyl (C=O) groups is 1. The molecule has 72 valence electrons. The number of halogens is 1. The molecule has 0 atom stereocenters. The number of fused-ring (bicyclic) bond motifs is 1. The summed E-state index contributed by atoms with van der Waals surface area (Å²) in [6, 6.07) is 3.38. The van der Waals surface area contributed by atoms with Crippen molar-refractivity contribution in [3.05, 3.63) is 34.2 Å². The molecular weight excluding hydrogens is 248 g/mol. The minimum atomic E-state index is -0.961. The molecule has 0 bridgehead atoms. The Labute approximate surface area is 88.3 Å². The Morgan fingerprint density at radius 3 is 3.00 bits per heavy atom. The third kappa shape index (κ3) is 1.29. The van der Waals surface area contributed by atoms with E-state index < -0.39 is 5.97 Å². The highest BCUT2D eigenvalue weighted by molar-refractivity contribution is 9.10. The molecule has 2 rings (SSSR count). The summed E-state index contributed by atoms with van der Waals surface area (Å²) in [5.74, 6) is -0.961. The van der Waals surface area contributed by atoms with Crippen LogP contribution in [0.3, 0.4) is 0 Å². The summed E-state index contributed by atoms with van der Waals surface area (Å²) in [5, 5.41) is 8.88. The second kappa shape index (κ2) is 3.09. The van der Waals surface area contributed by atoms with Gasteiger partial charge < -0.3 is 9.51 Å². The molecule has 0 unspecified atom stereocenters. The van der Waals surface area contributed by atoms with Gasteiger partial charge in [-0.05, 0) is 35.0 Å². The third-order valence-corrected chi connectivity index (χ3v) is 2.42. The number of rotatable bonds is 1. The van der Waals surface area contributed by atoms with Crippen LogP contribution in [0.15, 0.2) is 22.9 Å². The van der Waals surface area contributed by atoms with Crippen LogP contribution < -0.4 is 0 Å². The van der Waals surface area contributed by atoms with Gasteiger partial charge in [0.05, 0.1) is 0 Å². The van der Waals surface area contributed by atoms with E-state index in [0.29, 0.717) is 10.3 Å². The molecule has 5 heteroatoms. The van der Waals surface area contributed by atoms with Gasteiger partial charge in [0.1, 0.15) is 10.2 Å². The molecule has 0 saturated carbocycles. The summed E-state index contributed by atoms with van der Waals surface area (Å²) in [6.07, 6.45) is 1.70. The van der Waals surface area contributed by atoms with Gasteiger partial charge in [-0.15, -0.1) is 0 Å². The number of carboxylic acids is 1. The molecule has 0 radical (unpaired) electrons. The van der Waals surface area contributed by atoms with E-state index in [4.69, 9.17) is 5.11 Å². The van der Waals surface area contributed by atoms with Gasteiger partial charge in [-0.1, -0.05) is 0 Å². The fourth-order valence-corrected chi connectivity index (χ4v) is 1.86. The molecule has 0 saturated heterocycles. The summed E-state index contributed by atoms with van der Waals surface area (Å²) < 4.78 is 2.39. The highest BCUT2D eigenvalue weighted by atomic mass is 79.9. The molecule has 4 nitrogen and oxygen atoms in total. The Kier molecular flexibility index (Phi) is 2.03. The van der Waals surface area contributed by atoms with Crippen LogP contribution in [0.1, 0.15) is 16.1 Å². The molecule has 0 amide bonds. The number of hydrogen-bond acceptors (Lipinski definition) is 2. The van der Waals surface area contributed by atoms with E-state index in [-0.39, 0.29) is 5.56 Å². The van der Waals surface area contributed by atoms with Crippen molar-refractivity contribution in [3.8, 4) is 0 Å². The largest absolute Gasteiger partial charge is 0.478 e. The van der Waals surface area contributed by atoms with Gasteiger partial charge in [-0.25, -0.2) is 9.78 Å². The van der Waals surface area contributed by atoms with Crippen LogP contribution in [-0.2, 0) is 0 Å². The monoisotopic (exact) mass is 254 g/mol. The van der Waals surface area contributed by atoms with E-state index in [0.717, 1.165) is 5.69 Å². The van der Waals surface area contributed by atoms with Crippen molar-refractivity contribution < 1.29 is 9.90 Å². The molecule has 0 spiro atoms. The van der Waals surface area contributed by atoms with Gasteiger partial charge in [0.15, 0.2) is 5.65 Å². The Morgan fingerprint density at radius 2 is 2.36 bits per heavy atom. The fourth-order valence-electron chi connectivity index (χ4n) is 1.36. The highest BCUT2D eigenvalue weighted by Crippen LogP contribution is 2.16. The number of aromatic nitrogens is 2. The number of aryl methyl sites for hydroxylation is 1. The molecule has 0 aliphatic heterocycles. The lowest BCUT2D eigenvalue weighted by atomic mass is 10.3. The molecule has 0 fully saturated rings. The van der Waals surface area contributed by atoms with E-state index in [2.05, 4.69) is 20.9 Å². The normalized spacial score (nSPS) is 10.7. The lowest BCUT2D eigenvalue weighted by molar-refractivity contribution is 0.0699. The molecule has 1 N–H and O–H groups in total. The molecule has 2 aromatic heterocycles. The maximum Gasteiger partial charge on any atom is 0.339 e. The van der Waals surface area contributed by atoms with E-state index in [1.807, 2.05) is 13.0 Å². The van der Waals surface area contributed by atoms with Crippen LogP contribution >= 0.6 is 15.9 Å². The van der Waals surface area contributed by atoms with Gasteiger partial charge in [0, 0.05) is 11.9 Å². The lowest BCUT2D eigenvalue weighted by Gasteiger charge is -2.01. The first-order valence-electron chi connectivity index (χ1n) is 3.97. The molecule has 0 aliphatic rings. The minimum absolute atomic E-state index is 0.217. The molecule has 0 aromatic carbocycles. The number of hydrogen-bond donors (Lipinski definition) is 1. The molecule has 14 heavy (non-hydrogen) atoms. The van der Waals surface area contributed by atoms with Crippen LogP contribution in [0.5, 0.6) is 0 Å². The van der Waals surface area contributed by atoms with E-state index in [1.54, 1.807) is 16.7 Å². The maximum absolute atomic E-state index is 10.8. The van der Waals surface area contributed by atoms with E-state index in [9.17, 15) is 4.79 Å². The van der Waals surface area contributed by atoms with Crippen molar-refractivity contribution in [2.24, 2.45) is 0 Å². The average molecular weight is 255 g/mol. The van der Waals surface area contributed by atoms with Crippen LogP contribution in [0.25, 0.3) is 5.65 Å². The Hall–Kier alpha value is -1.36. The van der Waals surface area contributed by atoms with Crippen LogP contribution in [0.4, 0.5) is 0 Å². The Morgan fingerprint density at radius 1 is 1.64 bits per heavy atom. The van der Waals surface area contributed by atoms with Gasteiger partial charge in [-0.3, -0.25) is 0 Å². The van der Waals surface area contributed by atoms with Gasteiger partial charge in [-0.2, -0.15) is 0 Å². The van der Waals surface area contributed by atoms with Crippen LogP contribution in [-0.4, -0.2) is 20.5 Å². The summed E-state index contributed by atoms with van der Waals surface area (Å²) in [4.78, 5) is 14.9. The van der Waals surface area contributed by atoms with Crippen molar-refractivity contribution in [3.63, 3.8) is 0 Å². The smallest absolute Gasteiger partial charge is 0.339 e. The van der Waals surface area contributed by atoms with E-state index >= 15 is 0 Å². The predicted molar refractivity (Wildman–Crippen MR) is 54.6 cm³/mol. The third-order valence-electron chi connectivity index (χ3n) is 2.01. The van der Waals surface area contributed by atoms with Crippen LogP contribution in [0, 0.1) is 6.92 Å². The quantitative estimate of drug-likeness (QED) is 0.794. The maximum atomic E-state index is 10.8.